The van der Waals surface area contributed by atoms with Gasteiger partial charge >= 0.3 is 0 Å². The number of nitrogens with one attached hydrogen (secondary N) is 3. The third kappa shape index (κ3) is 1.57. The van der Waals surface area contributed by atoms with Crippen LogP contribution in [0.15, 0.2) is 24.3 Å². The first-order chi connectivity index (χ1) is 5.97. The van der Waals surface area contributed by atoms with E-state index >= 15 is 0 Å². The third-order valence-corrected chi connectivity index (χ3v) is 1.99. The summed E-state index contributed by atoms with van der Waals surface area (Å²) < 4.78 is 0. The third-order valence-electron chi connectivity index (χ3n) is 1.99. The molecule has 3 N–H and O–H groups in total. The molecule has 0 aliphatic carbocycles. The van der Waals surface area contributed by atoms with Crippen molar-refractivity contribution < 1.29 is 0 Å². The van der Waals surface area contributed by atoms with Gasteiger partial charge in [0.1, 0.15) is 0 Å². The summed E-state index contributed by atoms with van der Waals surface area (Å²) >= 11 is 0. The summed E-state index contributed by atoms with van der Waals surface area (Å²) in [6.07, 6.45) is 0. The normalized spacial score (nSPS) is 17.0. The molecule has 64 valence electrons. The molecule has 2 rings (SSSR count). The molecule has 0 spiro atoms. The van der Waals surface area contributed by atoms with Gasteiger partial charge in [-0.3, -0.25) is 10.9 Å². The minimum absolute atomic E-state index is 0.878. The first kappa shape index (κ1) is 7.58. The van der Waals surface area contributed by atoms with Crippen molar-refractivity contribution in [3.8, 4) is 0 Å². The second-order valence-electron chi connectivity index (χ2n) is 2.86. The Morgan fingerprint density at radius 3 is 2.92 bits per heavy atom. The maximum absolute atomic E-state index is 3.36. The van der Waals surface area contributed by atoms with Crippen molar-refractivity contribution in [3.63, 3.8) is 0 Å². The molecule has 0 saturated carbocycles. The van der Waals surface area contributed by atoms with Crippen molar-refractivity contribution in [1.29, 1.82) is 0 Å². The highest BCUT2D eigenvalue weighted by Gasteiger charge is 2.02. The minimum atomic E-state index is 0.878. The van der Waals surface area contributed by atoms with Crippen molar-refractivity contribution in [2.24, 2.45) is 0 Å². The first-order valence-corrected chi connectivity index (χ1v) is 4.24. The molecule has 0 fully saturated rings. The molecule has 1 heterocycles. The van der Waals surface area contributed by atoms with Gasteiger partial charge in [-0.25, -0.2) is 0 Å². The zero-order chi connectivity index (χ0) is 8.23. The van der Waals surface area contributed by atoms with Crippen LogP contribution in [0.1, 0.15) is 5.56 Å². The molecule has 3 heteroatoms. The number of anilines is 1. The number of fused-ring (bicyclic) bond motifs is 1. The predicted molar refractivity (Wildman–Crippen MR) is 49.8 cm³/mol. The maximum atomic E-state index is 3.36. The van der Waals surface area contributed by atoms with Gasteiger partial charge in [0.05, 0.1) is 0 Å². The van der Waals surface area contributed by atoms with E-state index in [1.165, 1.54) is 11.3 Å². The summed E-state index contributed by atoms with van der Waals surface area (Å²) in [6.45, 7) is 2.79. The lowest BCUT2D eigenvalue weighted by atomic mass is 10.1. The quantitative estimate of drug-likeness (QED) is 0.527. The Bertz CT molecular complexity index is 233. The molecule has 3 nitrogen and oxygen atoms in total. The van der Waals surface area contributed by atoms with E-state index in [0.29, 0.717) is 0 Å². The molecule has 1 aromatic carbocycles. The molecule has 0 amide bonds. The lowest BCUT2D eigenvalue weighted by molar-refractivity contribution is 0.536. The number of hydrogen-bond donors (Lipinski definition) is 3. The van der Waals surface area contributed by atoms with Crippen LogP contribution >= 0.6 is 0 Å². The number of hydrazine groups is 1. The average molecular weight is 163 g/mol. The van der Waals surface area contributed by atoms with Gasteiger partial charge in [0.2, 0.25) is 0 Å². The number of para-hydroxylation sites is 1. The van der Waals surface area contributed by atoms with Crippen LogP contribution in [0.25, 0.3) is 0 Å². The second kappa shape index (κ2) is 3.56. The van der Waals surface area contributed by atoms with Crippen molar-refractivity contribution in [3.05, 3.63) is 29.8 Å². The van der Waals surface area contributed by atoms with Gasteiger partial charge in [-0.2, -0.15) is 0 Å². The summed E-state index contributed by atoms with van der Waals surface area (Å²) in [7, 11) is 0. The molecule has 0 aromatic heterocycles. The number of rotatable bonds is 0. The molecule has 1 aromatic rings. The molecule has 12 heavy (non-hydrogen) atoms. The SMILES string of the molecule is c1ccc2c(c1)CNNCCN2. The Balaban J connectivity index is 2.24. The van der Waals surface area contributed by atoms with Crippen LogP contribution in [0.3, 0.4) is 0 Å². The van der Waals surface area contributed by atoms with Crippen molar-refractivity contribution >= 4 is 5.69 Å². The topological polar surface area (TPSA) is 36.1 Å². The van der Waals surface area contributed by atoms with Crippen LogP contribution in [-0.2, 0) is 6.54 Å². The molecule has 1 aliphatic rings. The van der Waals surface area contributed by atoms with Gasteiger partial charge in [-0.1, -0.05) is 18.2 Å². The van der Waals surface area contributed by atoms with E-state index in [-0.39, 0.29) is 0 Å². The minimum Gasteiger partial charge on any atom is -0.383 e. The standard InChI is InChI=1S/C9H13N3/c1-2-4-9-8(3-1)7-12-11-6-5-10-9/h1-4,10-12H,5-7H2. The van der Waals surface area contributed by atoms with Gasteiger partial charge in [0.15, 0.2) is 0 Å². The Labute approximate surface area is 72.1 Å². The fraction of sp³-hybridized carbons (Fsp3) is 0.333. The van der Waals surface area contributed by atoms with Crippen molar-refractivity contribution in [2.45, 2.75) is 6.54 Å². The smallest absolute Gasteiger partial charge is 0.0386 e. The maximum Gasteiger partial charge on any atom is 0.0386 e. The summed E-state index contributed by atoms with van der Waals surface area (Å²) in [5, 5.41) is 3.36. The second-order valence-corrected chi connectivity index (χ2v) is 2.86. The van der Waals surface area contributed by atoms with E-state index in [1.807, 2.05) is 0 Å². The summed E-state index contributed by atoms with van der Waals surface area (Å²) in [4.78, 5) is 0. The van der Waals surface area contributed by atoms with E-state index in [2.05, 4.69) is 40.4 Å². The fourth-order valence-corrected chi connectivity index (χ4v) is 1.35. The van der Waals surface area contributed by atoms with Crippen molar-refractivity contribution in [1.82, 2.24) is 10.9 Å². The van der Waals surface area contributed by atoms with Gasteiger partial charge in [-0.15, -0.1) is 0 Å². The predicted octanol–water partition coefficient (Wildman–Crippen LogP) is 0.706. The lowest BCUT2D eigenvalue weighted by Crippen LogP contribution is -2.37. The Hall–Kier alpha value is -1.06. The summed E-state index contributed by atoms with van der Waals surface area (Å²) in [6, 6.07) is 8.36. The van der Waals surface area contributed by atoms with Crippen LogP contribution < -0.4 is 16.2 Å². The fourth-order valence-electron chi connectivity index (χ4n) is 1.35. The molecule has 0 saturated heterocycles. The lowest BCUT2D eigenvalue weighted by Gasteiger charge is -2.17. The van der Waals surface area contributed by atoms with Gasteiger partial charge in [0.25, 0.3) is 0 Å². The van der Waals surface area contributed by atoms with Gasteiger partial charge in [0, 0.05) is 25.3 Å². The highest BCUT2D eigenvalue weighted by atomic mass is 15.4. The van der Waals surface area contributed by atoms with Crippen LogP contribution in [-0.4, -0.2) is 13.1 Å². The number of hydrogen-bond acceptors (Lipinski definition) is 3. The van der Waals surface area contributed by atoms with E-state index < -0.39 is 0 Å². The monoisotopic (exact) mass is 163 g/mol. The summed E-state index contributed by atoms with van der Waals surface area (Å²) in [5.41, 5.74) is 8.82. The molecule has 0 radical (unpaired) electrons. The Morgan fingerprint density at radius 2 is 1.92 bits per heavy atom. The highest BCUT2D eigenvalue weighted by Crippen LogP contribution is 2.14. The molecular formula is C9H13N3. The number of benzene rings is 1. The van der Waals surface area contributed by atoms with E-state index in [1.54, 1.807) is 0 Å². The molecule has 1 aliphatic heterocycles. The Kier molecular flexibility index (Phi) is 2.25. The van der Waals surface area contributed by atoms with E-state index in [9.17, 15) is 0 Å². The van der Waals surface area contributed by atoms with E-state index in [0.717, 1.165) is 19.6 Å². The Morgan fingerprint density at radius 1 is 1.00 bits per heavy atom. The largest absolute Gasteiger partial charge is 0.383 e. The van der Waals surface area contributed by atoms with Crippen LogP contribution in [0, 0.1) is 0 Å². The molecule has 0 atom stereocenters. The zero-order valence-corrected chi connectivity index (χ0v) is 6.93. The van der Waals surface area contributed by atoms with Crippen molar-refractivity contribution in [2.75, 3.05) is 18.4 Å². The molecular weight excluding hydrogens is 150 g/mol. The van der Waals surface area contributed by atoms with Crippen LogP contribution in [0.2, 0.25) is 0 Å². The average Bonchev–Trinajstić information content (AvgIpc) is 2.06. The zero-order valence-electron chi connectivity index (χ0n) is 6.93. The molecule has 0 unspecified atom stereocenters. The van der Waals surface area contributed by atoms with E-state index in [4.69, 9.17) is 0 Å². The van der Waals surface area contributed by atoms with Gasteiger partial charge in [-0.05, 0) is 11.6 Å². The first-order valence-electron chi connectivity index (χ1n) is 4.24. The summed E-state index contributed by atoms with van der Waals surface area (Å²) in [5.74, 6) is 0. The van der Waals surface area contributed by atoms with Crippen LogP contribution in [0.5, 0.6) is 0 Å². The highest BCUT2D eigenvalue weighted by molar-refractivity contribution is 5.51. The van der Waals surface area contributed by atoms with Gasteiger partial charge < -0.3 is 5.32 Å². The van der Waals surface area contributed by atoms with Crippen LogP contribution in [0.4, 0.5) is 5.69 Å². The molecule has 0 bridgehead atoms.